The minimum atomic E-state index is -0.655. The van der Waals surface area contributed by atoms with Crippen LogP contribution in [0.5, 0.6) is 5.75 Å². The van der Waals surface area contributed by atoms with E-state index in [0.717, 1.165) is 12.8 Å². The van der Waals surface area contributed by atoms with Crippen LogP contribution in [-0.4, -0.2) is 53.4 Å². The Bertz CT molecular complexity index is 986. The van der Waals surface area contributed by atoms with E-state index in [1.807, 2.05) is 0 Å². The minimum absolute atomic E-state index is 0.0444. The number of benzene rings is 1. The molecule has 1 aliphatic rings. The Morgan fingerprint density at radius 3 is 2.20 bits per heavy atom. The molecule has 1 saturated carbocycles. The molecular weight excluding hydrogens is 384 g/mol. The Morgan fingerprint density at radius 1 is 1.10 bits per heavy atom. The van der Waals surface area contributed by atoms with Crippen LogP contribution in [0.15, 0.2) is 24.3 Å². The monoisotopic (exact) mass is 412 g/mol. The average Bonchev–Trinajstić information content (AvgIpc) is 3.55. The third-order valence-corrected chi connectivity index (χ3v) is 5.86. The second-order valence-corrected chi connectivity index (χ2v) is 7.70. The highest BCUT2D eigenvalue weighted by Crippen LogP contribution is 2.33. The molecular formula is C23H28N2O5. The second-order valence-electron chi connectivity index (χ2n) is 7.70. The lowest BCUT2D eigenvalue weighted by Gasteiger charge is -2.29. The van der Waals surface area contributed by atoms with Gasteiger partial charge < -0.3 is 18.9 Å². The van der Waals surface area contributed by atoms with Gasteiger partial charge in [0.1, 0.15) is 11.4 Å². The normalized spacial score (nSPS) is 14.2. The number of nitrogens with zero attached hydrogens (tertiary/aromatic N) is 2. The molecule has 1 heterocycles. The van der Waals surface area contributed by atoms with Crippen LogP contribution in [-0.2, 0) is 11.8 Å². The van der Waals surface area contributed by atoms with E-state index in [4.69, 9.17) is 9.47 Å². The molecule has 1 unspecified atom stereocenters. The van der Waals surface area contributed by atoms with Gasteiger partial charge >= 0.3 is 5.97 Å². The first kappa shape index (κ1) is 21.6. The Balaban J connectivity index is 1.95. The lowest BCUT2D eigenvalue weighted by atomic mass is 9.99. The molecule has 160 valence electrons. The van der Waals surface area contributed by atoms with Crippen LogP contribution in [0.4, 0.5) is 0 Å². The molecule has 3 rings (SSSR count). The number of carbonyl (C=O) groups excluding carboxylic acids is 3. The number of ether oxygens (including phenoxy) is 2. The van der Waals surface area contributed by atoms with Gasteiger partial charge in [-0.1, -0.05) is 0 Å². The summed E-state index contributed by atoms with van der Waals surface area (Å²) in [5.74, 6) is -0.178. The Kier molecular flexibility index (Phi) is 6.01. The lowest BCUT2D eigenvalue weighted by Crippen LogP contribution is -2.45. The first-order valence-electron chi connectivity index (χ1n) is 9.98. The zero-order valence-electron chi connectivity index (χ0n) is 18.3. The van der Waals surface area contributed by atoms with Crippen molar-refractivity contribution in [1.29, 1.82) is 0 Å². The fourth-order valence-corrected chi connectivity index (χ4v) is 3.96. The van der Waals surface area contributed by atoms with Gasteiger partial charge in [0, 0.05) is 29.9 Å². The summed E-state index contributed by atoms with van der Waals surface area (Å²) in [6.45, 7) is 5.30. The van der Waals surface area contributed by atoms with Gasteiger partial charge in [-0.3, -0.25) is 9.59 Å². The highest BCUT2D eigenvalue weighted by atomic mass is 16.5. The van der Waals surface area contributed by atoms with Crippen molar-refractivity contribution in [2.45, 2.75) is 45.7 Å². The van der Waals surface area contributed by atoms with E-state index < -0.39 is 12.0 Å². The topological polar surface area (TPSA) is 77.8 Å². The first-order chi connectivity index (χ1) is 14.2. The van der Waals surface area contributed by atoms with Crippen molar-refractivity contribution in [2.24, 2.45) is 7.05 Å². The molecule has 7 heteroatoms. The van der Waals surface area contributed by atoms with Crippen molar-refractivity contribution in [3.05, 3.63) is 52.3 Å². The Morgan fingerprint density at radius 2 is 1.70 bits per heavy atom. The maximum Gasteiger partial charge on any atom is 0.354 e. The van der Waals surface area contributed by atoms with Crippen molar-refractivity contribution in [1.82, 2.24) is 9.47 Å². The molecule has 0 saturated heterocycles. The quantitative estimate of drug-likeness (QED) is 0.515. The van der Waals surface area contributed by atoms with Crippen LogP contribution in [0.3, 0.4) is 0 Å². The van der Waals surface area contributed by atoms with Gasteiger partial charge in [-0.05, 0) is 63.4 Å². The summed E-state index contributed by atoms with van der Waals surface area (Å²) >= 11 is 0. The molecule has 0 radical (unpaired) electrons. The number of hydrogen-bond acceptors (Lipinski definition) is 5. The third kappa shape index (κ3) is 3.72. The van der Waals surface area contributed by atoms with Gasteiger partial charge in [0.05, 0.1) is 20.3 Å². The van der Waals surface area contributed by atoms with Crippen molar-refractivity contribution < 1.29 is 23.9 Å². The summed E-state index contributed by atoms with van der Waals surface area (Å²) in [4.78, 5) is 40.6. The number of Topliss-reactive ketones (excluding diaryl/α,β-unsaturated/α-hetero) is 1. The van der Waals surface area contributed by atoms with Gasteiger partial charge in [-0.2, -0.15) is 0 Å². The molecule has 2 aromatic rings. The van der Waals surface area contributed by atoms with E-state index in [2.05, 4.69) is 0 Å². The number of amides is 1. The van der Waals surface area contributed by atoms with Crippen molar-refractivity contribution in [3.63, 3.8) is 0 Å². The zero-order chi connectivity index (χ0) is 22.2. The molecule has 1 aromatic heterocycles. The number of carbonyl (C=O) groups is 3. The standard InChI is InChI=1S/C23H28N2O5/c1-13-19(14(2)24(4)20(13)23(28)30-6)21(26)15(3)25(17-9-10-17)22(27)16-7-11-18(29-5)12-8-16/h7-8,11-12,15,17H,9-10H2,1-6H3. The van der Waals surface area contributed by atoms with Gasteiger partial charge in [0.2, 0.25) is 0 Å². The molecule has 0 spiro atoms. The summed E-state index contributed by atoms with van der Waals surface area (Å²) in [5.41, 5.74) is 2.59. The van der Waals surface area contributed by atoms with Gasteiger partial charge in [0.25, 0.3) is 5.91 Å². The van der Waals surface area contributed by atoms with E-state index in [1.165, 1.54) is 7.11 Å². The number of methoxy groups -OCH3 is 2. The average molecular weight is 412 g/mol. The van der Waals surface area contributed by atoms with E-state index >= 15 is 0 Å². The molecule has 0 aliphatic heterocycles. The summed E-state index contributed by atoms with van der Waals surface area (Å²) in [6.07, 6.45) is 1.75. The minimum Gasteiger partial charge on any atom is -0.497 e. The van der Waals surface area contributed by atoms with Crippen molar-refractivity contribution >= 4 is 17.7 Å². The Labute approximate surface area is 176 Å². The molecule has 0 bridgehead atoms. The molecule has 7 nitrogen and oxygen atoms in total. The lowest BCUT2D eigenvalue weighted by molar-refractivity contribution is 0.0587. The van der Waals surface area contributed by atoms with Crippen LogP contribution >= 0.6 is 0 Å². The van der Waals surface area contributed by atoms with Crippen molar-refractivity contribution in [3.8, 4) is 5.75 Å². The number of esters is 1. The summed E-state index contributed by atoms with van der Waals surface area (Å²) in [5, 5.41) is 0. The molecule has 30 heavy (non-hydrogen) atoms. The largest absolute Gasteiger partial charge is 0.497 e. The van der Waals surface area contributed by atoms with Crippen LogP contribution in [0, 0.1) is 13.8 Å². The predicted octanol–water partition coefficient (Wildman–Crippen LogP) is 3.31. The first-order valence-corrected chi connectivity index (χ1v) is 9.98. The highest BCUT2D eigenvalue weighted by Gasteiger charge is 2.40. The van der Waals surface area contributed by atoms with Crippen LogP contribution < -0.4 is 4.74 Å². The Hall–Kier alpha value is -3.09. The fraction of sp³-hybridized carbons (Fsp3) is 0.435. The van der Waals surface area contributed by atoms with Crippen molar-refractivity contribution in [2.75, 3.05) is 14.2 Å². The van der Waals surface area contributed by atoms with E-state index in [-0.39, 0.29) is 17.7 Å². The SMILES string of the molecule is COC(=O)c1c(C)c(C(=O)C(C)N(C(=O)c2ccc(OC)cc2)C2CC2)c(C)n1C. The zero-order valence-corrected chi connectivity index (χ0v) is 18.3. The highest BCUT2D eigenvalue weighted by molar-refractivity contribution is 6.07. The smallest absolute Gasteiger partial charge is 0.354 e. The van der Waals surface area contributed by atoms with E-state index in [0.29, 0.717) is 33.8 Å². The van der Waals surface area contributed by atoms with Crippen LogP contribution in [0.1, 0.15) is 62.2 Å². The summed E-state index contributed by atoms with van der Waals surface area (Å²) in [7, 11) is 4.62. The summed E-state index contributed by atoms with van der Waals surface area (Å²) < 4.78 is 11.7. The molecule has 1 atom stereocenters. The predicted molar refractivity (Wildman–Crippen MR) is 112 cm³/mol. The maximum absolute atomic E-state index is 13.5. The van der Waals surface area contributed by atoms with Gasteiger partial charge in [0.15, 0.2) is 5.78 Å². The number of aromatic nitrogens is 1. The van der Waals surface area contributed by atoms with E-state index in [9.17, 15) is 14.4 Å². The number of ketones is 1. The molecule has 1 aromatic carbocycles. The maximum atomic E-state index is 13.5. The van der Waals surface area contributed by atoms with Gasteiger partial charge in [-0.25, -0.2) is 4.79 Å². The van der Waals surface area contributed by atoms with Crippen LogP contribution in [0.25, 0.3) is 0 Å². The third-order valence-electron chi connectivity index (χ3n) is 5.86. The number of hydrogen-bond donors (Lipinski definition) is 0. The summed E-state index contributed by atoms with van der Waals surface area (Å²) in [6, 6.07) is 6.28. The fourth-order valence-electron chi connectivity index (χ4n) is 3.96. The number of rotatable bonds is 7. The molecule has 1 aliphatic carbocycles. The second kappa shape index (κ2) is 8.34. The van der Waals surface area contributed by atoms with Crippen LogP contribution in [0.2, 0.25) is 0 Å². The molecule has 1 fully saturated rings. The molecule has 0 N–H and O–H groups in total. The molecule has 1 amide bonds. The van der Waals surface area contributed by atoms with Gasteiger partial charge in [-0.15, -0.1) is 0 Å². The van der Waals surface area contributed by atoms with E-state index in [1.54, 1.807) is 68.7 Å².